The van der Waals surface area contributed by atoms with E-state index in [1.54, 1.807) is 0 Å². The van der Waals surface area contributed by atoms with E-state index >= 15 is 0 Å². The number of aryl methyl sites for hydroxylation is 2. The molecule has 0 fully saturated rings. The van der Waals surface area contributed by atoms with Crippen molar-refractivity contribution in [3.05, 3.63) is 40.3 Å². The van der Waals surface area contributed by atoms with E-state index in [2.05, 4.69) is 4.98 Å². The Morgan fingerprint density at radius 2 is 1.86 bits per heavy atom. The van der Waals surface area contributed by atoms with E-state index < -0.39 is 0 Å². The fourth-order valence-electron chi connectivity index (χ4n) is 1.49. The highest BCUT2D eigenvalue weighted by molar-refractivity contribution is 6.30. The second kappa shape index (κ2) is 3.21. The minimum atomic E-state index is -0.276. The van der Waals surface area contributed by atoms with Crippen LogP contribution >= 0.6 is 11.6 Å². The number of benzene rings is 1. The normalized spacial score (nSPS) is 10.9. The summed E-state index contributed by atoms with van der Waals surface area (Å²) in [5, 5.41) is 1.39. The van der Waals surface area contributed by atoms with Crippen LogP contribution in [0.25, 0.3) is 10.9 Å². The van der Waals surface area contributed by atoms with E-state index in [-0.39, 0.29) is 5.82 Å². The molecule has 0 aliphatic heterocycles. The van der Waals surface area contributed by atoms with Gasteiger partial charge in [0.2, 0.25) is 0 Å². The second-order valence-electron chi connectivity index (χ2n) is 3.39. The van der Waals surface area contributed by atoms with Crippen LogP contribution in [0.1, 0.15) is 11.1 Å². The zero-order valence-electron chi connectivity index (χ0n) is 7.94. The minimum Gasteiger partial charge on any atom is -0.236 e. The molecule has 1 heterocycles. The number of hydrogen-bond donors (Lipinski definition) is 0. The lowest BCUT2D eigenvalue weighted by Crippen LogP contribution is -1.88. The summed E-state index contributed by atoms with van der Waals surface area (Å²) >= 11 is 5.86. The van der Waals surface area contributed by atoms with Gasteiger partial charge in [0.15, 0.2) is 0 Å². The van der Waals surface area contributed by atoms with Gasteiger partial charge >= 0.3 is 0 Å². The summed E-state index contributed by atoms with van der Waals surface area (Å²) in [5.74, 6) is -0.276. The Labute approximate surface area is 86.5 Å². The van der Waals surface area contributed by atoms with Crippen molar-refractivity contribution in [2.45, 2.75) is 13.8 Å². The van der Waals surface area contributed by atoms with Crippen molar-refractivity contribution in [2.24, 2.45) is 0 Å². The van der Waals surface area contributed by atoms with Crippen LogP contribution < -0.4 is 0 Å². The van der Waals surface area contributed by atoms with Gasteiger partial charge in [0.25, 0.3) is 0 Å². The summed E-state index contributed by atoms with van der Waals surface area (Å²) in [5.41, 5.74) is 2.40. The molecule has 0 atom stereocenters. The highest BCUT2D eigenvalue weighted by atomic mass is 35.5. The smallest absolute Gasteiger partial charge is 0.132 e. The molecule has 2 aromatic rings. The lowest BCUT2D eigenvalue weighted by Gasteiger charge is -2.04. The van der Waals surface area contributed by atoms with E-state index in [0.717, 1.165) is 16.5 Å². The van der Waals surface area contributed by atoms with Gasteiger partial charge in [-0.25, -0.2) is 9.37 Å². The number of aromatic nitrogens is 1. The highest BCUT2D eigenvalue weighted by Gasteiger charge is 2.05. The van der Waals surface area contributed by atoms with Gasteiger partial charge in [0, 0.05) is 11.5 Å². The molecule has 0 aliphatic rings. The summed E-state index contributed by atoms with van der Waals surface area (Å²) in [6.45, 7) is 3.75. The minimum absolute atomic E-state index is 0.276. The lowest BCUT2D eigenvalue weighted by atomic mass is 10.1. The van der Waals surface area contributed by atoms with Crippen molar-refractivity contribution in [1.29, 1.82) is 0 Å². The Kier molecular flexibility index (Phi) is 2.16. The predicted molar refractivity (Wildman–Crippen MR) is 56.2 cm³/mol. The van der Waals surface area contributed by atoms with Crippen molar-refractivity contribution in [2.75, 3.05) is 0 Å². The largest absolute Gasteiger partial charge is 0.236 e. The van der Waals surface area contributed by atoms with Gasteiger partial charge in [0.1, 0.15) is 11.0 Å². The molecule has 1 aromatic heterocycles. The molecule has 2 rings (SSSR count). The SMILES string of the molecule is Cc1cc2c(C)cc(F)cc2nc1Cl. The fraction of sp³-hybridized carbons (Fsp3) is 0.182. The maximum Gasteiger partial charge on any atom is 0.132 e. The summed E-state index contributed by atoms with van der Waals surface area (Å²) < 4.78 is 13.0. The van der Waals surface area contributed by atoms with Crippen LogP contribution in [0.5, 0.6) is 0 Å². The Morgan fingerprint density at radius 1 is 1.14 bits per heavy atom. The molecular formula is C11H9ClFN. The van der Waals surface area contributed by atoms with Crippen molar-refractivity contribution in [3.8, 4) is 0 Å². The van der Waals surface area contributed by atoms with Gasteiger partial charge in [-0.15, -0.1) is 0 Å². The molecule has 0 bridgehead atoms. The van der Waals surface area contributed by atoms with Crippen LogP contribution in [0.2, 0.25) is 5.15 Å². The standard InChI is InChI=1S/C11H9ClFN/c1-6-3-8(13)5-10-9(6)4-7(2)11(12)14-10/h3-5H,1-2H3. The first-order valence-corrected chi connectivity index (χ1v) is 4.69. The number of fused-ring (bicyclic) bond motifs is 1. The Balaban J connectivity index is 2.89. The van der Waals surface area contributed by atoms with E-state index in [1.807, 2.05) is 19.9 Å². The quantitative estimate of drug-likeness (QED) is 0.604. The maximum atomic E-state index is 13.0. The van der Waals surface area contributed by atoms with Gasteiger partial charge in [-0.2, -0.15) is 0 Å². The summed E-state index contributed by atoms with van der Waals surface area (Å²) in [7, 11) is 0. The first-order valence-electron chi connectivity index (χ1n) is 4.31. The molecule has 0 amide bonds. The lowest BCUT2D eigenvalue weighted by molar-refractivity contribution is 0.628. The number of rotatable bonds is 0. The second-order valence-corrected chi connectivity index (χ2v) is 3.74. The van der Waals surface area contributed by atoms with E-state index in [0.29, 0.717) is 10.7 Å². The van der Waals surface area contributed by atoms with Crippen LogP contribution in [-0.4, -0.2) is 4.98 Å². The van der Waals surface area contributed by atoms with Gasteiger partial charge < -0.3 is 0 Å². The molecule has 0 saturated carbocycles. The van der Waals surface area contributed by atoms with E-state index in [4.69, 9.17) is 11.6 Å². The van der Waals surface area contributed by atoms with Crippen molar-refractivity contribution >= 4 is 22.5 Å². The third-order valence-corrected chi connectivity index (χ3v) is 2.62. The summed E-state index contributed by atoms with van der Waals surface area (Å²) in [4.78, 5) is 4.12. The van der Waals surface area contributed by atoms with Crippen molar-refractivity contribution in [3.63, 3.8) is 0 Å². The number of halogens is 2. The number of nitrogens with zero attached hydrogens (tertiary/aromatic N) is 1. The molecule has 0 saturated heterocycles. The van der Waals surface area contributed by atoms with Gasteiger partial charge in [-0.1, -0.05) is 11.6 Å². The number of pyridine rings is 1. The zero-order valence-corrected chi connectivity index (χ0v) is 8.69. The van der Waals surface area contributed by atoms with Crippen LogP contribution in [0, 0.1) is 19.7 Å². The molecule has 1 aromatic carbocycles. The zero-order chi connectivity index (χ0) is 10.3. The molecule has 14 heavy (non-hydrogen) atoms. The topological polar surface area (TPSA) is 12.9 Å². The Morgan fingerprint density at radius 3 is 2.57 bits per heavy atom. The maximum absolute atomic E-state index is 13.0. The van der Waals surface area contributed by atoms with Crippen LogP contribution in [-0.2, 0) is 0 Å². The van der Waals surface area contributed by atoms with E-state index in [9.17, 15) is 4.39 Å². The first-order chi connectivity index (χ1) is 6.58. The summed E-state index contributed by atoms with van der Waals surface area (Å²) in [6, 6.07) is 4.82. The average Bonchev–Trinajstić information content (AvgIpc) is 2.08. The van der Waals surface area contributed by atoms with Crippen LogP contribution in [0.4, 0.5) is 4.39 Å². The molecular weight excluding hydrogens is 201 g/mol. The fourth-order valence-corrected chi connectivity index (χ4v) is 1.63. The predicted octanol–water partition coefficient (Wildman–Crippen LogP) is 3.64. The molecule has 3 heteroatoms. The van der Waals surface area contributed by atoms with E-state index in [1.165, 1.54) is 12.1 Å². The monoisotopic (exact) mass is 209 g/mol. The molecule has 1 nitrogen and oxygen atoms in total. The Hall–Kier alpha value is -1.15. The third-order valence-electron chi connectivity index (χ3n) is 2.23. The highest BCUT2D eigenvalue weighted by Crippen LogP contribution is 2.23. The first kappa shape index (κ1) is 9.41. The molecule has 0 aliphatic carbocycles. The van der Waals surface area contributed by atoms with Crippen LogP contribution in [0.15, 0.2) is 18.2 Å². The molecule has 0 spiro atoms. The van der Waals surface area contributed by atoms with Crippen molar-refractivity contribution in [1.82, 2.24) is 4.98 Å². The van der Waals surface area contributed by atoms with Crippen molar-refractivity contribution < 1.29 is 4.39 Å². The number of hydrogen-bond acceptors (Lipinski definition) is 1. The Bertz CT molecular complexity index is 508. The molecule has 72 valence electrons. The third kappa shape index (κ3) is 1.46. The summed E-state index contributed by atoms with van der Waals surface area (Å²) in [6.07, 6.45) is 0. The van der Waals surface area contributed by atoms with Gasteiger partial charge in [0.05, 0.1) is 5.52 Å². The van der Waals surface area contributed by atoms with Gasteiger partial charge in [-0.05, 0) is 37.1 Å². The van der Waals surface area contributed by atoms with Gasteiger partial charge in [-0.3, -0.25) is 0 Å². The molecule has 0 radical (unpaired) electrons. The average molecular weight is 210 g/mol. The molecule has 0 N–H and O–H groups in total. The molecule has 0 unspecified atom stereocenters. The van der Waals surface area contributed by atoms with Crippen LogP contribution in [0.3, 0.4) is 0 Å².